The summed E-state index contributed by atoms with van der Waals surface area (Å²) in [4.78, 5) is 15.2. The molecular formula is C28H38N2O5. The van der Waals surface area contributed by atoms with Gasteiger partial charge in [-0.2, -0.15) is 0 Å². The highest BCUT2D eigenvalue weighted by atomic mass is 16.6. The van der Waals surface area contributed by atoms with Gasteiger partial charge in [0.2, 0.25) is 0 Å². The fraction of sp³-hybridized carbons (Fsp3) is 0.750. The van der Waals surface area contributed by atoms with Crippen molar-refractivity contribution < 1.29 is 23.7 Å². The van der Waals surface area contributed by atoms with Crippen LogP contribution in [0.1, 0.15) is 56.6 Å². The summed E-state index contributed by atoms with van der Waals surface area (Å²) in [5, 5.41) is 0. The van der Waals surface area contributed by atoms with Crippen molar-refractivity contribution in [1.29, 1.82) is 0 Å². The number of likely N-dealkylation sites (tertiary alicyclic amines) is 1. The first-order valence-electron chi connectivity index (χ1n) is 13.5. The molecule has 2 N–H and O–H groups in total. The first kappa shape index (κ1) is 22.4. The third kappa shape index (κ3) is 2.65. The van der Waals surface area contributed by atoms with Gasteiger partial charge < -0.3 is 24.7 Å². The summed E-state index contributed by atoms with van der Waals surface area (Å²) in [5.74, 6) is 2.35. The molecule has 0 amide bonds. The lowest BCUT2D eigenvalue weighted by Gasteiger charge is -2.73. The van der Waals surface area contributed by atoms with E-state index in [4.69, 9.17) is 24.7 Å². The van der Waals surface area contributed by atoms with E-state index in [1.807, 2.05) is 7.11 Å². The molecule has 1 aromatic carbocycles. The number of nitrogens with zero attached hydrogens (tertiary/aromatic N) is 1. The summed E-state index contributed by atoms with van der Waals surface area (Å²) in [6, 6.07) is 4.23. The molecule has 2 aliphatic heterocycles. The maximum absolute atomic E-state index is 12.4. The Balaban J connectivity index is 1.38. The van der Waals surface area contributed by atoms with Crippen LogP contribution in [-0.2, 0) is 26.1 Å². The second-order valence-corrected chi connectivity index (χ2v) is 12.1. The number of carbonyl (C=O) groups excluding carboxylic acids is 1. The second-order valence-electron chi connectivity index (χ2n) is 12.1. The van der Waals surface area contributed by atoms with Gasteiger partial charge in [0.1, 0.15) is 17.7 Å². The zero-order chi connectivity index (χ0) is 24.2. The number of methoxy groups -OCH3 is 2. The van der Waals surface area contributed by atoms with E-state index in [2.05, 4.69) is 17.0 Å². The van der Waals surface area contributed by atoms with Gasteiger partial charge in [-0.3, -0.25) is 9.69 Å². The van der Waals surface area contributed by atoms with Crippen LogP contribution >= 0.6 is 0 Å². The zero-order valence-electron chi connectivity index (χ0n) is 21.2. The Morgan fingerprint density at radius 2 is 2.09 bits per heavy atom. The van der Waals surface area contributed by atoms with Crippen LogP contribution in [0.5, 0.6) is 11.5 Å². The molecule has 0 aromatic heterocycles. The van der Waals surface area contributed by atoms with E-state index < -0.39 is 11.6 Å². The highest BCUT2D eigenvalue weighted by Crippen LogP contribution is 2.76. The minimum atomic E-state index is -0.624. The molecule has 5 aliphatic carbocycles. The molecule has 5 fully saturated rings. The molecule has 1 saturated heterocycles. The molecule has 0 radical (unpaired) electrons. The van der Waals surface area contributed by atoms with Crippen LogP contribution < -0.4 is 15.2 Å². The number of ether oxygens (including phenoxy) is 4. The summed E-state index contributed by atoms with van der Waals surface area (Å²) in [6.07, 6.45) is 7.83. The number of nitrogens with two attached hydrogens (primary N) is 1. The lowest BCUT2D eigenvalue weighted by atomic mass is 9.35. The Bertz CT molecular complexity index is 1070. The summed E-state index contributed by atoms with van der Waals surface area (Å²) < 4.78 is 25.1. The van der Waals surface area contributed by atoms with E-state index in [0.29, 0.717) is 12.6 Å². The van der Waals surface area contributed by atoms with Crippen molar-refractivity contribution >= 4 is 5.97 Å². The molecule has 0 unspecified atom stereocenters. The SMILES string of the molecule is COc1ccc2c3c1O[C@H]1[C@@]4(OC)CC[C@@]5(C[C@@H]4COC(=O)[C@H](C)N)[C@@H](C2)N(CC2CC2)CC[C@]315. The first-order chi connectivity index (χ1) is 16.9. The molecule has 7 heteroatoms. The summed E-state index contributed by atoms with van der Waals surface area (Å²) in [5.41, 5.74) is 8.16. The highest BCUT2D eigenvalue weighted by Gasteiger charge is 2.80. The molecule has 1 aromatic rings. The summed E-state index contributed by atoms with van der Waals surface area (Å²) in [6.45, 7) is 4.34. The minimum absolute atomic E-state index is 0.0762. The molecule has 4 bridgehead atoms. The van der Waals surface area contributed by atoms with Crippen molar-refractivity contribution in [2.24, 2.45) is 23.0 Å². The molecule has 8 rings (SSSR count). The van der Waals surface area contributed by atoms with Gasteiger partial charge in [-0.1, -0.05) is 6.07 Å². The monoisotopic (exact) mass is 482 g/mol. The van der Waals surface area contributed by atoms with Gasteiger partial charge in [-0.05, 0) is 76.0 Å². The van der Waals surface area contributed by atoms with Crippen LogP contribution in [0.4, 0.5) is 0 Å². The van der Waals surface area contributed by atoms with Gasteiger partial charge in [0, 0.05) is 42.0 Å². The topological polar surface area (TPSA) is 83.2 Å². The molecule has 4 saturated carbocycles. The van der Waals surface area contributed by atoms with Crippen LogP contribution in [0.3, 0.4) is 0 Å². The second kappa shape index (κ2) is 7.36. The van der Waals surface area contributed by atoms with Gasteiger partial charge in [0.05, 0.1) is 13.7 Å². The van der Waals surface area contributed by atoms with Crippen molar-refractivity contribution in [2.75, 3.05) is 33.9 Å². The predicted octanol–water partition coefficient (Wildman–Crippen LogP) is 2.81. The number of piperidine rings is 1. The van der Waals surface area contributed by atoms with Crippen LogP contribution in [0.25, 0.3) is 0 Å². The number of esters is 1. The molecular weight excluding hydrogens is 444 g/mol. The van der Waals surface area contributed by atoms with Crippen molar-refractivity contribution in [3.8, 4) is 11.5 Å². The average molecular weight is 483 g/mol. The predicted molar refractivity (Wildman–Crippen MR) is 130 cm³/mol. The maximum atomic E-state index is 12.4. The highest BCUT2D eigenvalue weighted by molar-refractivity contribution is 5.75. The molecule has 7 atom stereocenters. The largest absolute Gasteiger partial charge is 0.493 e. The van der Waals surface area contributed by atoms with Gasteiger partial charge in [0.15, 0.2) is 11.5 Å². The molecule has 35 heavy (non-hydrogen) atoms. The summed E-state index contributed by atoms with van der Waals surface area (Å²) >= 11 is 0. The fourth-order valence-corrected chi connectivity index (χ4v) is 9.21. The number of hydrogen-bond acceptors (Lipinski definition) is 7. The van der Waals surface area contributed by atoms with Crippen LogP contribution in [-0.4, -0.2) is 68.6 Å². The standard InChI is InChI=1S/C28H38N2O5/c1-16(29)24(31)34-15-19-13-26-8-9-28(19,33-3)25-27(26)10-11-30(14-17-4-5-17)21(26)12-18-6-7-20(32-2)23(35-25)22(18)27/h6-7,16-17,19,21,25H,4-5,8-15,29H2,1-3H3/t16-,19+,21+,25+,26+,27-,28+/m0/s1. The van der Waals surface area contributed by atoms with E-state index in [0.717, 1.165) is 56.1 Å². The zero-order valence-corrected chi connectivity index (χ0v) is 21.2. The average Bonchev–Trinajstić information content (AvgIpc) is 3.61. The van der Waals surface area contributed by atoms with E-state index in [9.17, 15) is 4.79 Å². The van der Waals surface area contributed by atoms with Gasteiger partial charge in [0.25, 0.3) is 0 Å². The third-order valence-electron chi connectivity index (χ3n) is 10.8. The fourth-order valence-electron chi connectivity index (χ4n) is 9.21. The quantitative estimate of drug-likeness (QED) is 0.599. The van der Waals surface area contributed by atoms with E-state index in [1.54, 1.807) is 14.0 Å². The summed E-state index contributed by atoms with van der Waals surface area (Å²) in [7, 11) is 3.56. The Morgan fingerprint density at radius 1 is 1.26 bits per heavy atom. The lowest BCUT2D eigenvalue weighted by Crippen LogP contribution is -2.81. The molecule has 2 spiro atoms. The van der Waals surface area contributed by atoms with Crippen molar-refractivity contribution in [3.05, 3.63) is 23.3 Å². The lowest BCUT2D eigenvalue weighted by molar-refractivity contribution is -0.282. The smallest absolute Gasteiger partial charge is 0.322 e. The van der Waals surface area contributed by atoms with E-state index >= 15 is 0 Å². The number of carbonyl (C=O) groups is 1. The third-order valence-corrected chi connectivity index (χ3v) is 10.8. The van der Waals surface area contributed by atoms with Crippen LogP contribution in [0.15, 0.2) is 12.1 Å². The Morgan fingerprint density at radius 3 is 2.80 bits per heavy atom. The van der Waals surface area contributed by atoms with Crippen molar-refractivity contribution in [3.63, 3.8) is 0 Å². The Hall–Kier alpha value is -1.83. The van der Waals surface area contributed by atoms with Crippen molar-refractivity contribution in [1.82, 2.24) is 4.90 Å². The number of benzene rings is 1. The normalized spacial score (nSPS) is 41.2. The molecule has 7 nitrogen and oxygen atoms in total. The number of rotatable bonds is 7. The Kier molecular flexibility index (Phi) is 4.70. The van der Waals surface area contributed by atoms with Gasteiger partial charge in [-0.15, -0.1) is 0 Å². The Labute approximate surface area is 207 Å². The van der Waals surface area contributed by atoms with E-state index in [1.165, 1.54) is 30.5 Å². The molecule has 2 heterocycles. The van der Waals surface area contributed by atoms with E-state index in [-0.39, 0.29) is 28.8 Å². The van der Waals surface area contributed by atoms with Crippen molar-refractivity contribution in [2.45, 2.75) is 81.1 Å². The first-order valence-corrected chi connectivity index (χ1v) is 13.5. The van der Waals surface area contributed by atoms with Crippen LogP contribution in [0, 0.1) is 17.3 Å². The minimum Gasteiger partial charge on any atom is -0.493 e. The maximum Gasteiger partial charge on any atom is 0.322 e. The van der Waals surface area contributed by atoms with Gasteiger partial charge >= 0.3 is 5.97 Å². The number of hydrogen-bond donors (Lipinski definition) is 1. The molecule has 190 valence electrons. The van der Waals surface area contributed by atoms with Crippen LogP contribution in [0.2, 0.25) is 0 Å². The number of fused-ring (bicyclic) bond motifs is 2. The molecule has 7 aliphatic rings. The van der Waals surface area contributed by atoms with Gasteiger partial charge in [-0.25, -0.2) is 0 Å².